The van der Waals surface area contributed by atoms with Crippen molar-refractivity contribution in [3.05, 3.63) is 93.6 Å². The molecule has 8 heteroatoms. The summed E-state index contributed by atoms with van der Waals surface area (Å²) in [5, 5.41) is 2.34. The summed E-state index contributed by atoms with van der Waals surface area (Å²) in [5.74, 6) is 1.21. The van der Waals surface area contributed by atoms with Crippen LogP contribution in [0.15, 0.2) is 66.7 Å². The van der Waals surface area contributed by atoms with Crippen LogP contribution >= 0.6 is 23.2 Å². The Morgan fingerprint density at radius 1 is 1.00 bits per heavy atom. The van der Waals surface area contributed by atoms with Crippen molar-refractivity contribution >= 4 is 40.2 Å². The smallest absolute Gasteiger partial charge is 0.416 e. The molecule has 6 rings (SSSR count). The Kier molecular flexibility index (Phi) is 5.80. The maximum absolute atomic E-state index is 13.4. The van der Waals surface area contributed by atoms with Gasteiger partial charge in [0.05, 0.1) is 6.61 Å². The number of carbonyl (C=O) groups excluding carboxylic acids is 1. The van der Waals surface area contributed by atoms with Gasteiger partial charge < -0.3 is 19.2 Å². The van der Waals surface area contributed by atoms with Crippen LogP contribution in [0.2, 0.25) is 10.0 Å². The van der Waals surface area contributed by atoms with Crippen molar-refractivity contribution in [1.29, 1.82) is 0 Å². The molecule has 0 saturated carbocycles. The predicted octanol–water partition coefficient (Wildman–Crippen LogP) is 6.40. The molecule has 0 spiro atoms. The molecule has 1 aromatic heterocycles. The van der Waals surface area contributed by atoms with E-state index in [-0.39, 0.29) is 12.1 Å². The summed E-state index contributed by atoms with van der Waals surface area (Å²) < 4.78 is 16.7. The highest BCUT2D eigenvalue weighted by molar-refractivity contribution is 6.31. The van der Waals surface area contributed by atoms with Crippen molar-refractivity contribution in [3.63, 3.8) is 0 Å². The Morgan fingerprint density at radius 3 is 2.46 bits per heavy atom. The Morgan fingerprint density at radius 2 is 1.71 bits per heavy atom. The van der Waals surface area contributed by atoms with E-state index >= 15 is 0 Å². The molecular formula is C27H22Cl2N2O4. The number of carbonyl (C=O) groups is 1. The minimum Gasteiger partial charge on any atom is -0.491 e. The van der Waals surface area contributed by atoms with Crippen LogP contribution in [0.5, 0.6) is 11.5 Å². The summed E-state index contributed by atoms with van der Waals surface area (Å²) in [5.41, 5.74) is 4.06. The summed E-state index contributed by atoms with van der Waals surface area (Å²) >= 11 is 12.3. The molecule has 2 unspecified atom stereocenters. The lowest BCUT2D eigenvalue weighted by atomic mass is 9.92. The molecule has 4 aromatic rings. The zero-order chi connectivity index (χ0) is 23.9. The van der Waals surface area contributed by atoms with Gasteiger partial charge >= 0.3 is 6.09 Å². The molecule has 0 radical (unpaired) electrons. The molecule has 1 N–H and O–H groups in total. The first kappa shape index (κ1) is 22.3. The van der Waals surface area contributed by atoms with Crippen LogP contribution in [0.3, 0.4) is 0 Å². The van der Waals surface area contributed by atoms with Gasteiger partial charge in [-0.3, -0.25) is 4.90 Å². The van der Waals surface area contributed by atoms with E-state index in [1.54, 1.807) is 29.2 Å². The third-order valence-electron chi connectivity index (χ3n) is 6.38. The van der Waals surface area contributed by atoms with Gasteiger partial charge in [0.1, 0.15) is 30.3 Å². The number of epoxide rings is 1. The molecule has 0 aliphatic carbocycles. The highest BCUT2D eigenvalue weighted by Gasteiger charge is 2.36. The SMILES string of the molecule is O=C(Oc1ccc(Cl)cc1)N1CCc2c([nH]c3ccc(Cl)cc23)C1c1ccc(OCC2CO2)cc1. The first-order valence-electron chi connectivity index (χ1n) is 11.4. The largest absolute Gasteiger partial charge is 0.491 e. The van der Waals surface area contributed by atoms with Crippen LogP contribution in [-0.2, 0) is 11.2 Å². The Balaban J connectivity index is 1.35. The first-order chi connectivity index (χ1) is 17.0. The van der Waals surface area contributed by atoms with Gasteiger partial charge in [0.25, 0.3) is 0 Å². The number of fused-ring (bicyclic) bond motifs is 3. The molecule has 2 aliphatic heterocycles. The van der Waals surface area contributed by atoms with Crippen LogP contribution in [0.25, 0.3) is 10.9 Å². The molecular weight excluding hydrogens is 487 g/mol. The maximum atomic E-state index is 13.4. The predicted molar refractivity (Wildman–Crippen MR) is 135 cm³/mol. The van der Waals surface area contributed by atoms with E-state index in [1.807, 2.05) is 42.5 Å². The van der Waals surface area contributed by atoms with Gasteiger partial charge in [-0.15, -0.1) is 0 Å². The van der Waals surface area contributed by atoms with Crippen LogP contribution in [0, 0.1) is 0 Å². The van der Waals surface area contributed by atoms with Crippen molar-refractivity contribution in [3.8, 4) is 11.5 Å². The van der Waals surface area contributed by atoms with E-state index in [1.165, 1.54) is 0 Å². The molecule has 3 aromatic carbocycles. The summed E-state index contributed by atoms with van der Waals surface area (Å²) in [6.07, 6.45) is 0.447. The fourth-order valence-corrected chi connectivity index (χ4v) is 4.86. The number of hydrogen-bond donors (Lipinski definition) is 1. The fraction of sp³-hybridized carbons (Fsp3) is 0.222. The monoisotopic (exact) mass is 508 g/mol. The van der Waals surface area contributed by atoms with Gasteiger partial charge in [-0.25, -0.2) is 4.79 Å². The molecule has 1 saturated heterocycles. The van der Waals surface area contributed by atoms with Crippen molar-refractivity contribution in [2.45, 2.75) is 18.6 Å². The number of amides is 1. The van der Waals surface area contributed by atoms with Crippen LogP contribution in [0.4, 0.5) is 4.79 Å². The van der Waals surface area contributed by atoms with E-state index in [0.29, 0.717) is 35.4 Å². The highest BCUT2D eigenvalue weighted by atomic mass is 35.5. The Labute approximate surface area is 212 Å². The maximum Gasteiger partial charge on any atom is 0.416 e. The number of aromatic nitrogens is 1. The number of rotatable bonds is 5. The number of hydrogen-bond acceptors (Lipinski definition) is 4. The first-order valence-corrected chi connectivity index (χ1v) is 12.2. The summed E-state index contributed by atoms with van der Waals surface area (Å²) in [6.45, 7) is 1.79. The fourth-order valence-electron chi connectivity index (χ4n) is 4.57. The van der Waals surface area contributed by atoms with Crippen molar-refractivity contribution in [2.24, 2.45) is 0 Å². The van der Waals surface area contributed by atoms with Gasteiger partial charge in [0.15, 0.2) is 0 Å². The quantitative estimate of drug-likeness (QED) is 0.316. The second-order valence-electron chi connectivity index (χ2n) is 8.71. The van der Waals surface area contributed by atoms with Crippen LogP contribution in [0.1, 0.15) is 22.9 Å². The van der Waals surface area contributed by atoms with E-state index in [0.717, 1.165) is 40.1 Å². The molecule has 35 heavy (non-hydrogen) atoms. The van der Waals surface area contributed by atoms with E-state index in [4.69, 9.17) is 37.4 Å². The average molecular weight is 509 g/mol. The van der Waals surface area contributed by atoms with E-state index in [2.05, 4.69) is 4.98 Å². The standard InChI is InChI=1S/C27H22Cl2N2O4/c28-17-3-8-20(9-4-17)35-27(32)31-12-11-22-23-13-18(29)5-10-24(23)30-25(22)26(31)16-1-6-19(7-2-16)33-14-21-15-34-21/h1-10,13,21,26,30H,11-12,14-15H2. The molecule has 2 atom stereocenters. The number of aromatic amines is 1. The van der Waals surface area contributed by atoms with E-state index < -0.39 is 6.09 Å². The highest BCUT2D eigenvalue weighted by Crippen LogP contribution is 2.40. The number of H-pyrrole nitrogens is 1. The minimum absolute atomic E-state index is 0.187. The number of nitrogens with one attached hydrogen (secondary N) is 1. The van der Waals surface area contributed by atoms with Crippen molar-refractivity contribution in [2.75, 3.05) is 19.8 Å². The molecule has 178 valence electrons. The Hall–Kier alpha value is -3.19. The second-order valence-corrected chi connectivity index (χ2v) is 9.58. The average Bonchev–Trinajstić information content (AvgIpc) is 3.63. The van der Waals surface area contributed by atoms with E-state index in [9.17, 15) is 4.79 Å². The molecule has 2 aliphatic rings. The number of halogens is 2. The third-order valence-corrected chi connectivity index (χ3v) is 6.86. The van der Waals surface area contributed by atoms with Crippen molar-refractivity contribution < 1.29 is 19.0 Å². The lowest BCUT2D eigenvalue weighted by Crippen LogP contribution is -2.42. The summed E-state index contributed by atoms with van der Waals surface area (Å²) in [7, 11) is 0. The Bertz CT molecular complexity index is 1380. The topological polar surface area (TPSA) is 67.1 Å². The molecule has 1 fully saturated rings. The number of ether oxygens (including phenoxy) is 3. The molecule has 0 bridgehead atoms. The number of benzene rings is 3. The molecule has 6 nitrogen and oxygen atoms in total. The lowest BCUT2D eigenvalue weighted by molar-refractivity contribution is 0.135. The minimum atomic E-state index is -0.425. The van der Waals surface area contributed by atoms with Crippen molar-refractivity contribution in [1.82, 2.24) is 9.88 Å². The van der Waals surface area contributed by atoms with Gasteiger partial charge in [0.2, 0.25) is 0 Å². The van der Waals surface area contributed by atoms with Gasteiger partial charge in [-0.2, -0.15) is 0 Å². The van der Waals surface area contributed by atoms with Crippen LogP contribution in [-0.4, -0.2) is 41.8 Å². The van der Waals surface area contributed by atoms with Gasteiger partial charge in [-0.05, 0) is 72.1 Å². The normalized spacial score (nSPS) is 18.9. The summed E-state index contributed by atoms with van der Waals surface area (Å²) in [6, 6.07) is 20.1. The van der Waals surface area contributed by atoms with Crippen LogP contribution < -0.4 is 9.47 Å². The zero-order valence-corrected chi connectivity index (χ0v) is 20.2. The lowest BCUT2D eigenvalue weighted by Gasteiger charge is -2.35. The zero-order valence-electron chi connectivity index (χ0n) is 18.7. The number of nitrogens with zero attached hydrogens (tertiary/aromatic N) is 1. The summed E-state index contributed by atoms with van der Waals surface area (Å²) in [4.78, 5) is 18.7. The second kappa shape index (κ2) is 9.11. The molecule has 3 heterocycles. The molecule has 1 amide bonds. The van der Waals surface area contributed by atoms with Gasteiger partial charge in [0, 0.05) is 33.2 Å². The third kappa shape index (κ3) is 4.57. The van der Waals surface area contributed by atoms with Gasteiger partial charge in [-0.1, -0.05) is 35.3 Å².